The van der Waals surface area contributed by atoms with Crippen LogP contribution in [0.2, 0.25) is 0 Å². The molecule has 2 heterocycles. The average Bonchev–Trinajstić information content (AvgIpc) is 2.90. The van der Waals surface area contributed by atoms with Crippen molar-refractivity contribution in [2.24, 2.45) is 0 Å². The van der Waals surface area contributed by atoms with Crippen LogP contribution < -0.4 is 4.90 Å². The SMILES string of the molecule is Cc1csc(N(C(=O)CCC2CCCO2)C2CC2)n1. The molecule has 1 atom stereocenters. The maximum absolute atomic E-state index is 12.4. The standard InChI is InChI=1S/C14H20N2O2S/c1-10-9-19-14(15-10)16(11-4-5-11)13(17)7-6-12-3-2-8-18-12/h9,11-12H,2-8H2,1H3. The van der Waals surface area contributed by atoms with Crippen LogP contribution in [0.4, 0.5) is 5.13 Å². The zero-order chi connectivity index (χ0) is 13.2. The van der Waals surface area contributed by atoms with Gasteiger partial charge in [0.1, 0.15) is 0 Å². The number of carbonyl (C=O) groups is 1. The van der Waals surface area contributed by atoms with Crippen molar-refractivity contribution in [2.45, 2.75) is 57.6 Å². The lowest BCUT2D eigenvalue weighted by Crippen LogP contribution is -2.33. The predicted octanol–water partition coefficient (Wildman–Crippen LogP) is 2.91. The summed E-state index contributed by atoms with van der Waals surface area (Å²) in [5.74, 6) is 0.215. The zero-order valence-electron chi connectivity index (χ0n) is 11.3. The summed E-state index contributed by atoms with van der Waals surface area (Å²) in [5, 5.41) is 2.88. The molecule has 5 heteroatoms. The number of carbonyl (C=O) groups excluding carboxylic acids is 1. The Bertz CT molecular complexity index is 450. The van der Waals surface area contributed by atoms with Crippen LogP contribution in [0.15, 0.2) is 5.38 Å². The molecule has 1 saturated carbocycles. The first kappa shape index (κ1) is 13.1. The normalized spacial score (nSPS) is 22.7. The molecule has 19 heavy (non-hydrogen) atoms. The lowest BCUT2D eigenvalue weighted by molar-refractivity contribution is -0.119. The molecule has 4 nitrogen and oxygen atoms in total. The fourth-order valence-electron chi connectivity index (χ4n) is 2.53. The summed E-state index contributed by atoms with van der Waals surface area (Å²) >= 11 is 1.58. The van der Waals surface area contributed by atoms with Gasteiger partial charge in [0.15, 0.2) is 5.13 Å². The van der Waals surface area contributed by atoms with E-state index >= 15 is 0 Å². The summed E-state index contributed by atoms with van der Waals surface area (Å²) in [6, 6.07) is 0.391. The second-order valence-electron chi connectivity index (χ2n) is 5.44. The molecule has 1 unspecified atom stereocenters. The Labute approximate surface area is 117 Å². The Balaban J connectivity index is 1.61. The van der Waals surface area contributed by atoms with E-state index in [9.17, 15) is 4.79 Å². The van der Waals surface area contributed by atoms with Gasteiger partial charge in [-0.1, -0.05) is 0 Å². The molecule has 0 N–H and O–H groups in total. The van der Waals surface area contributed by atoms with E-state index in [1.807, 2.05) is 17.2 Å². The number of thiazole rings is 1. The van der Waals surface area contributed by atoms with Crippen molar-refractivity contribution < 1.29 is 9.53 Å². The summed E-state index contributed by atoms with van der Waals surface area (Å²) in [6.45, 7) is 2.83. The van der Waals surface area contributed by atoms with Gasteiger partial charge in [-0.25, -0.2) is 4.98 Å². The quantitative estimate of drug-likeness (QED) is 0.833. The number of hydrogen-bond donors (Lipinski definition) is 0. The van der Waals surface area contributed by atoms with Gasteiger partial charge in [0.05, 0.1) is 11.8 Å². The first-order valence-electron chi connectivity index (χ1n) is 7.10. The van der Waals surface area contributed by atoms with Crippen LogP contribution in [-0.4, -0.2) is 29.6 Å². The molecule has 2 fully saturated rings. The molecule has 0 radical (unpaired) electrons. The van der Waals surface area contributed by atoms with E-state index in [1.54, 1.807) is 11.3 Å². The Kier molecular flexibility index (Phi) is 3.84. The van der Waals surface area contributed by atoms with E-state index in [0.29, 0.717) is 18.6 Å². The Morgan fingerprint density at radius 3 is 2.95 bits per heavy atom. The Hall–Kier alpha value is -0.940. The maximum atomic E-state index is 12.4. The molecule has 2 aliphatic rings. The van der Waals surface area contributed by atoms with Crippen LogP contribution in [0.1, 0.15) is 44.2 Å². The molecule has 1 aliphatic heterocycles. The highest BCUT2D eigenvalue weighted by Crippen LogP contribution is 2.34. The van der Waals surface area contributed by atoms with Gasteiger partial charge in [0.2, 0.25) is 5.91 Å². The summed E-state index contributed by atoms with van der Waals surface area (Å²) in [7, 11) is 0. The molecule has 1 aliphatic carbocycles. The minimum atomic E-state index is 0.215. The van der Waals surface area contributed by atoms with E-state index in [1.165, 1.54) is 0 Å². The lowest BCUT2D eigenvalue weighted by atomic mass is 10.1. The number of amides is 1. The number of nitrogens with zero attached hydrogens (tertiary/aromatic N) is 2. The third-order valence-electron chi connectivity index (χ3n) is 3.70. The molecule has 0 bridgehead atoms. The second-order valence-corrected chi connectivity index (χ2v) is 6.28. The van der Waals surface area contributed by atoms with Crippen molar-refractivity contribution in [3.05, 3.63) is 11.1 Å². The molecular formula is C14H20N2O2S. The van der Waals surface area contributed by atoms with Gasteiger partial charge in [-0.2, -0.15) is 0 Å². The highest BCUT2D eigenvalue weighted by Gasteiger charge is 2.35. The van der Waals surface area contributed by atoms with Gasteiger partial charge >= 0.3 is 0 Å². The van der Waals surface area contributed by atoms with Crippen molar-refractivity contribution in [1.82, 2.24) is 4.98 Å². The summed E-state index contributed by atoms with van der Waals surface area (Å²) in [4.78, 5) is 18.8. The molecule has 1 saturated heterocycles. The number of anilines is 1. The van der Waals surface area contributed by atoms with Crippen LogP contribution >= 0.6 is 11.3 Å². The minimum Gasteiger partial charge on any atom is -0.378 e. The Morgan fingerprint density at radius 1 is 1.53 bits per heavy atom. The first-order valence-corrected chi connectivity index (χ1v) is 7.98. The summed E-state index contributed by atoms with van der Waals surface area (Å²) in [6.07, 6.45) is 6.20. The fourth-order valence-corrected chi connectivity index (χ4v) is 3.42. The van der Waals surface area contributed by atoms with Crippen molar-refractivity contribution in [1.29, 1.82) is 0 Å². The van der Waals surface area contributed by atoms with E-state index in [-0.39, 0.29) is 5.91 Å². The highest BCUT2D eigenvalue weighted by molar-refractivity contribution is 7.14. The maximum Gasteiger partial charge on any atom is 0.229 e. The van der Waals surface area contributed by atoms with Crippen LogP contribution in [0.3, 0.4) is 0 Å². The van der Waals surface area contributed by atoms with Gasteiger partial charge in [-0.15, -0.1) is 11.3 Å². The van der Waals surface area contributed by atoms with Gasteiger partial charge in [-0.05, 0) is 39.0 Å². The molecule has 1 amide bonds. The van der Waals surface area contributed by atoms with E-state index < -0.39 is 0 Å². The van der Waals surface area contributed by atoms with Crippen LogP contribution in [0, 0.1) is 6.92 Å². The lowest BCUT2D eigenvalue weighted by Gasteiger charge is -2.20. The largest absolute Gasteiger partial charge is 0.378 e. The molecule has 0 spiro atoms. The first-order chi connectivity index (χ1) is 9.24. The second kappa shape index (κ2) is 5.59. The van der Waals surface area contributed by atoms with Gasteiger partial charge < -0.3 is 4.74 Å². The van der Waals surface area contributed by atoms with Crippen LogP contribution in [0.5, 0.6) is 0 Å². The number of aryl methyl sites for hydroxylation is 1. The average molecular weight is 280 g/mol. The number of rotatable bonds is 5. The highest BCUT2D eigenvalue weighted by atomic mass is 32.1. The van der Waals surface area contributed by atoms with Gasteiger partial charge in [-0.3, -0.25) is 9.69 Å². The van der Waals surface area contributed by atoms with E-state index in [0.717, 1.165) is 49.5 Å². The van der Waals surface area contributed by atoms with Crippen LogP contribution in [0.25, 0.3) is 0 Å². The molecular weight excluding hydrogens is 260 g/mol. The molecule has 3 rings (SSSR count). The number of ether oxygens (including phenoxy) is 1. The van der Waals surface area contributed by atoms with Crippen molar-refractivity contribution in [3.8, 4) is 0 Å². The van der Waals surface area contributed by atoms with E-state index in [4.69, 9.17) is 4.74 Å². The van der Waals surface area contributed by atoms with Crippen molar-refractivity contribution >= 4 is 22.4 Å². The zero-order valence-corrected chi connectivity index (χ0v) is 12.1. The molecule has 104 valence electrons. The van der Waals surface area contributed by atoms with Gasteiger partial charge in [0.25, 0.3) is 0 Å². The summed E-state index contributed by atoms with van der Waals surface area (Å²) < 4.78 is 5.59. The van der Waals surface area contributed by atoms with Crippen molar-refractivity contribution in [2.75, 3.05) is 11.5 Å². The monoisotopic (exact) mass is 280 g/mol. The smallest absolute Gasteiger partial charge is 0.229 e. The van der Waals surface area contributed by atoms with Crippen molar-refractivity contribution in [3.63, 3.8) is 0 Å². The summed E-state index contributed by atoms with van der Waals surface area (Å²) in [5.41, 5.74) is 0.998. The number of aromatic nitrogens is 1. The fraction of sp³-hybridized carbons (Fsp3) is 0.714. The predicted molar refractivity (Wildman–Crippen MR) is 75.6 cm³/mol. The Morgan fingerprint density at radius 2 is 2.37 bits per heavy atom. The molecule has 0 aromatic carbocycles. The van der Waals surface area contributed by atoms with Crippen LogP contribution in [-0.2, 0) is 9.53 Å². The third-order valence-corrected chi connectivity index (χ3v) is 4.66. The number of hydrogen-bond acceptors (Lipinski definition) is 4. The minimum absolute atomic E-state index is 0.215. The third kappa shape index (κ3) is 3.15. The molecule has 1 aromatic heterocycles. The molecule has 1 aromatic rings. The van der Waals surface area contributed by atoms with E-state index in [2.05, 4.69) is 4.98 Å². The van der Waals surface area contributed by atoms with Gasteiger partial charge in [0, 0.05) is 24.4 Å². The topological polar surface area (TPSA) is 42.4 Å².